The van der Waals surface area contributed by atoms with E-state index >= 15 is 0 Å². The summed E-state index contributed by atoms with van der Waals surface area (Å²) in [6.45, 7) is 6.18. The van der Waals surface area contributed by atoms with Crippen LogP contribution in [0.3, 0.4) is 0 Å². The molecular formula is C14H26N2. The van der Waals surface area contributed by atoms with E-state index in [-0.39, 0.29) is 0 Å². The SMILES string of the molecule is CC1CN(CC2CC3CCC2C3)CCC1N. The van der Waals surface area contributed by atoms with Crippen molar-refractivity contribution in [2.75, 3.05) is 19.6 Å². The molecule has 2 nitrogen and oxygen atoms in total. The average molecular weight is 222 g/mol. The van der Waals surface area contributed by atoms with Gasteiger partial charge in [-0.1, -0.05) is 13.3 Å². The van der Waals surface area contributed by atoms with Gasteiger partial charge in [0.15, 0.2) is 0 Å². The molecule has 0 aromatic carbocycles. The van der Waals surface area contributed by atoms with Gasteiger partial charge in [-0.2, -0.15) is 0 Å². The Morgan fingerprint density at radius 2 is 2.06 bits per heavy atom. The molecule has 1 aliphatic heterocycles. The Kier molecular flexibility index (Phi) is 2.97. The van der Waals surface area contributed by atoms with Crippen LogP contribution in [0.15, 0.2) is 0 Å². The van der Waals surface area contributed by atoms with Gasteiger partial charge < -0.3 is 10.6 Å². The standard InChI is InChI=1S/C14H26N2/c1-10-8-16(5-4-14(10)15)9-13-7-11-2-3-12(13)6-11/h10-14H,2-9,15H2,1H3. The fraction of sp³-hybridized carbons (Fsp3) is 1.00. The van der Waals surface area contributed by atoms with Gasteiger partial charge in [-0.15, -0.1) is 0 Å². The highest BCUT2D eigenvalue weighted by atomic mass is 15.1. The van der Waals surface area contributed by atoms with E-state index in [0.29, 0.717) is 12.0 Å². The number of nitrogens with zero attached hydrogens (tertiary/aromatic N) is 1. The smallest absolute Gasteiger partial charge is 0.00889 e. The van der Waals surface area contributed by atoms with Crippen LogP contribution in [0.25, 0.3) is 0 Å². The molecule has 2 aliphatic carbocycles. The molecule has 0 aromatic rings. The Morgan fingerprint density at radius 1 is 1.19 bits per heavy atom. The maximum Gasteiger partial charge on any atom is 0.00889 e. The van der Waals surface area contributed by atoms with Crippen LogP contribution >= 0.6 is 0 Å². The van der Waals surface area contributed by atoms with Crippen LogP contribution in [-0.2, 0) is 0 Å². The highest BCUT2D eigenvalue weighted by Gasteiger charge is 2.40. The first-order chi connectivity index (χ1) is 7.72. The van der Waals surface area contributed by atoms with Gasteiger partial charge in [0.2, 0.25) is 0 Å². The van der Waals surface area contributed by atoms with E-state index in [2.05, 4.69) is 11.8 Å². The predicted molar refractivity (Wildman–Crippen MR) is 67.1 cm³/mol. The summed E-state index contributed by atoms with van der Waals surface area (Å²) in [4.78, 5) is 2.69. The van der Waals surface area contributed by atoms with Crippen LogP contribution in [0.5, 0.6) is 0 Å². The molecule has 0 radical (unpaired) electrons. The number of nitrogens with two attached hydrogens (primary N) is 1. The van der Waals surface area contributed by atoms with Crippen LogP contribution in [-0.4, -0.2) is 30.6 Å². The predicted octanol–water partition coefficient (Wildman–Crippen LogP) is 2.09. The lowest BCUT2D eigenvalue weighted by Crippen LogP contribution is -2.47. The molecule has 16 heavy (non-hydrogen) atoms. The van der Waals surface area contributed by atoms with Crippen molar-refractivity contribution in [1.82, 2.24) is 4.90 Å². The molecule has 5 atom stereocenters. The third-order valence-corrected chi connectivity index (χ3v) is 5.43. The van der Waals surface area contributed by atoms with Gasteiger partial charge in [0, 0.05) is 19.1 Å². The number of likely N-dealkylation sites (tertiary alicyclic amines) is 1. The molecule has 0 amide bonds. The van der Waals surface area contributed by atoms with E-state index in [4.69, 9.17) is 5.73 Å². The minimum absolute atomic E-state index is 0.455. The van der Waals surface area contributed by atoms with Crippen LogP contribution in [0.1, 0.15) is 39.0 Å². The second-order valence-electron chi connectivity index (χ2n) is 6.62. The topological polar surface area (TPSA) is 29.3 Å². The van der Waals surface area contributed by atoms with E-state index in [9.17, 15) is 0 Å². The zero-order chi connectivity index (χ0) is 11.1. The number of fused-ring (bicyclic) bond motifs is 2. The van der Waals surface area contributed by atoms with Gasteiger partial charge in [0.1, 0.15) is 0 Å². The lowest BCUT2D eigenvalue weighted by atomic mass is 9.87. The van der Waals surface area contributed by atoms with Gasteiger partial charge >= 0.3 is 0 Å². The molecule has 0 spiro atoms. The summed E-state index contributed by atoms with van der Waals surface area (Å²) in [7, 11) is 0. The average Bonchev–Trinajstić information content (AvgIpc) is 2.85. The van der Waals surface area contributed by atoms with E-state index in [1.807, 2.05) is 0 Å². The first kappa shape index (κ1) is 11.0. The van der Waals surface area contributed by atoms with Crippen LogP contribution in [0.2, 0.25) is 0 Å². The van der Waals surface area contributed by atoms with E-state index in [1.54, 1.807) is 6.42 Å². The van der Waals surface area contributed by atoms with Gasteiger partial charge in [0.25, 0.3) is 0 Å². The second kappa shape index (κ2) is 4.30. The van der Waals surface area contributed by atoms with Crippen molar-refractivity contribution in [1.29, 1.82) is 0 Å². The molecule has 1 heterocycles. The van der Waals surface area contributed by atoms with E-state index < -0.39 is 0 Å². The van der Waals surface area contributed by atoms with Crippen molar-refractivity contribution in [3.8, 4) is 0 Å². The van der Waals surface area contributed by atoms with Crippen molar-refractivity contribution in [2.24, 2.45) is 29.4 Å². The summed E-state index contributed by atoms with van der Waals surface area (Å²) in [5.74, 6) is 3.91. The van der Waals surface area contributed by atoms with E-state index in [1.165, 1.54) is 45.3 Å². The molecule has 3 aliphatic rings. The first-order valence-electron chi connectivity index (χ1n) is 7.20. The summed E-state index contributed by atoms with van der Waals surface area (Å²) >= 11 is 0. The first-order valence-corrected chi connectivity index (χ1v) is 7.20. The fourth-order valence-electron chi connectivity index (χ4n) is 4.35. The molecule has 2 saturated carbocycles. The maximum absolute atomic E-state index is 6.08. The maximum atomic E-state index is 6.08. The highest BCUT2D eigenvalue weighted by Crippen LogP contribution is 2.48. The molecule has 92 valence electrons. The van der Waals surface area contributed by atoms with Crippen molar-refractivity contribution in [3.63, 3.8) is 0 Å². The number of hydrogen-bond donors (Lipinski definition) is 1. The number of piperidine rings is 1. The molecule has 3 fully saturated rings. The van der Waals surface area contributed by atoms with Crippen molar-refractivity contribution >= 4 is 0 Å². The molecule has 2 N–H and O–H groups in total. The molecule has 5 unspecified atom stereocenters. The lowest BCUT2D eigenvalue weighted by Gasteiger charge is -2.37. The molecule has 2 heteroatoms. The Labute approximate surface area is 99.6 Å². The number of rotatable bonds is 2. The zero-order valence-corrected chi connectivity index (χ0v) is 10.6. The minimum atomic E-state index is 0.455. The number of hydrogen-bond acceptors (Lipinski definition) is 2. The zero-order valence-electron chi connectivity index (χ0n) is 10.6. The van der Waals surface area contributed by atoms with Gasteiger partial charge in [0.05, 0.1) is 0 Å². The second-order valence-corrected chi connectivity index (χ2v) is 6.62. The summed E-state index contributed by atoms with van der Waals surface area (Å²) in [6.07, 6.45) is 7.35. The molecule has 1 saturated heterocycles. The normalized spacial score (nSPS) is 48.8. The monoisotopic (exact) mass is 222 g/mol. The summed E-state index contributed by atoms with van der Waals surface area (Å²) < 4.78 is 0. The van der Waals surface area contributed by atoms with Crippen molar-refractivity contribution in [3.05, 3.63) is 0 Å². The fourth-order valence-corrected chi connectivity index (χ4v) is 4.35. The largest absolute Gasteiger partial charge is 0.327 e. The summed E-state index contributed by atoms with van der Waals surface area (Å²) in [6, 6.07) is 0.455. The lowest BCUT2D eigenvalue weighted by molar-refractivity contribution is 0.125. The summed E-state index contributed by atoms with van der Waals surface area (Å²) in [5.41, 5.74) is 6.08. The Hall–Kier alpha value is -0.0800. The van der Waals surface area contributed by atoms with Crippen molar-refractivity contribution in [2.45, 2.75) is 45.1 Å². The summed E-state index contributed by atoms with van der Waals surface area (Å²) in [5, 5.41) is 0. The Morgan fingerprint density at radius 3 is 2.69 bits per heavy atom. The van der Waals surface area contributed by atoms with Crippen molar-refractivity contribution < 1.29 is 0 Å². The Bertz CT molecular complexity index is 253. The molecule has 2 bridgehead atoms. The van der Waals surface area contributed by atoms with Crippen LogP contribution in [0, 0.1) is 23.7 Å². The molecule has 3 rings (SSSR count). The molecular weight excluding hydrogens is 196 g/mol. The van der Waals surface area contributed by atoms with Gasteiger partial charge in [-0.05, 0) is 55.9 Å². The third-order valence-electron chi connectivity index (χ3n) is 5.43. The van der Waals surface area contributed by atoms with E-state index in [0.717, 1.165) is 17.8 Å². The highest BCUT2D eigenvalue weighted by molar-refractivity contribution is 4.92. The van der Waals surface area contributed by atoms with Crippen LogP contribution < -0.4 is 5.73 Å². The quantitative estimate of drug-likeness (QED) is 0.775. The van der Waals surface area contributed by atoms with Gasteiger partial charge in [-0.25, -0.2) is 0 Å². The molecule has 0 aromatic heterocycles. The Balaban J connectivity index is 1.52. The van der Waals surface area contributed by atoms with Crippen LogP contribution in [0.4, 0.5) is 0 Å². The third kappa shape index (κ3) is 2.02. The minimum Gasteiger partial charge on any atom is -0.327 e. The van der Waals surface area contributed by atoms with Gasteiger partial charge in [-0.3, -0.25) is 0 Å².